The van der Waals surface area contributed by atoms with Crippen LogP contribution in [0.4, 0.5) is 22.8 Å². The number of ether oxygens (including phenoxy) is 2. The number of H-pyrrole nitrogens is 2. The van der Waals surface area contributed by atoms with Gasteiger partial charge in [0.15, 0.2) is 5.69 Å². The van der Waals surface area contributed by atoms with E-state index in [0.717, 1.165) is 28.5 Å². The lowest BCUT2D eigenvalue weighted by Crippen LogP contribution is -2.51. The number of nitrogens with one attached hydrogen (secondary N) is 4. The van der Waals surface area contributed by atoms with Crippen LogP contribution in [0.1, 0.15) is 94.1 Å². The highest BCUT2D eigenvalue weighted by molar-refractivity contribution is 5.89. The summed E-state index contributed by atoms with van der Waals surface area (Å²) in [5.74, 6) is 4.98. The van der Waals surface area contributed by atoms with Crippen LogP contribution < -0.4 is 10.6 Å². The van der Waals surface area contributed by atoms with E-state index in [9.17, 15) is 32.3 Å². The van der Waals surface area contributed by atoms with Crippen molar-refractivity contribution in [1.29, 1.82) is 0 Å². The summed E-state index contributed by atoms with van der Waals surface area (Å²) in [5.41, 5.74) is 0.474. The summed E-state index contributed by atoms with van der Waals surface area (Å²) in [6.45, 7) is 8.04. The standard InChI is InChI=1S/C41H47F3N8O6/c1-22(2)32(48-39(55)57-5)37(53)51-17-7-9-30(51)35-45-21-29(47-35)27-15-14-25-19-24(11-13-26(25)20-27)12-16-28-34(41(42,43)44)50-36(46-28)31-10-8-18-52(31)38(54)33(23(3)4)49-40(56)58-6/h11,13-15,19-23,30-33H,7-10,17-18H2,1-6H3,(H,45,47)(H,46,50)(H,48,55)(H,49,56). The van der Waals surface area contributed by atoms with E-state index in [1.807, 2.05) is 38.1 Å². The molecule has 2 aliphatic rings. The van der Waals surface area contributed by atoms with Crippen LogP contribution in [0.25, 0.3) is 22.0 Å². The smallest absolute Gasteiger partial charge is 0.436 e. The number of alkyl carbamates (subject to hydrolysis) is 2. The third-order valence-electron chi connectivity index (χ3n) is 10.6. The third kappa shape index (κ3) is 8.90. The number of hydrogen-bond acceptors (Lipinski definition) is 8. The zero-order valence-electron chi connectivity index (χ0n) is 33.1. The van der Waals surface area contributed by atoms with Gasteiger partial charge in [-0.05, 0) is 72.4 Å². The molecule has 0 spiro atoms. The van der Waals surface area contributed by atoms with E-state index in [1.165, 1.54) is 19.1 Å². The lowest BCUT2D eigenvalue weighted by atomic mass is 10.0. The molecule has 4 amide bonds. The van der Waals surface area contributed by atoms with E-state index < -0.39 is 53.8 Å². The number of carbonyl (C=O) groups excluding carboxylic acids is 4. The number of halogens is 3. The van der Waals surface area contributed by atoms with E-state index in [0.29, 0.717) is 37.2 Å². The molecule has 2 aliphatic heterocycles. The Bertz CT molecular complexity index is 2240. The van der Waals surface area contributed by atoms with Gasteiger partial charge in [-0.25, -0.2) is 19.6 Å². The van der Waals surface area contributed by atoms with Crippen molar-refractivity contribution in [3.63, 3.8) is 0 Å². The van der Waals surface area contributed by atoms with E-state index >= 15 is 0 Å². The highest BCUT2D eigenvalue weighted by Crippen LogP contribution is 2.37. The van der Waals surface area contributed by atoms with Crippen molar-refractivity contribution in [2.45, 2.75) is 83.7 Å². The average Bonchev–Trinajstić information content (AvgIpc) is 4.03. The highest BCUT2D eigenvalue weighted by Gasteiger charge is 2.42. The Labute approximate surface area is 333 Å². The molecular formula is C41H47F3N8O6. The number of rotatable bonds is 9. The number of imidazole rings is 2. The van der Waals surface area contributed by atoms with Crippen molar-refractivity contribution in [3.8, 4) is 23.1 Å². The van der Waals surface area contributed by atoms with Gasteiger partial charge in [0.2, 0.25) is 11.8 Å². The number of aromatic amines is 2. The summed E-state index contributed by atoms with van der Waals surface area (Å²) >= 11 is 0. The fourth-order valence-corrected chi connectivity index (χ4v) is 7.51. The van der Waals surface area contributed by atoms with Gasteiger partial charge in [-0.3, -0.25) is 9.59 Å². The number of likely N-dealkylation sites (tertiary alicyclic amines) is 2. The number of amides is 4. The molecule has 2 aromatic heterocycles. The maximum atomic E-state index is 14.3. The summed E-state index contributed by atoms with van der Waals surface area (Å²) in [5, 5.41) is 6.85. The monoisotopic (exact) mass is 804 g/mol. The molecular weight excluding hydrogens is 757 g/mol. The second-order valence-corrected chi connectivity index (χ2v) is 15.1. The quantitative estimate of drug-likeness (QED) is 0.140. The Kier molecular flexibility index (Phi) is 12.3. The minimum Gasteiger partial charge on any atom is -0.453 e. The first-order valence-electron chi connectivity index (χ1n) is 19.2. The van der Waals surface area contributed by atoms with Crippen molar-refractivity contribution in [3.05, 3.63) is 71.2 Å². The van der Waals surface area contributed by atoms with Crippen molar-refractivity contribution >= 4 is 34.8 Å². The lowest BCUT2D eigenvalue weighted by Gasteiger charge is -2.30. The van der Waals surface area contributed by atoms with E-state index in [-0.39, 0.29) is 36.2 Å². The Balaban J connectivity index is 1.20. The predicted molar refractivity (Wildman–Crippen MR) is 207 cm³/mol. The molecule has 0 aliphatic carbocycles. The number of hydrogen-bond donors (Lipinski definition) is 4. The predicted octanol–water partition coefficient (Wildman–Crippen LogP) is 6.46. The fourth-order valence-electron chi connectivity index (χ4n) is 7.51. The first-order chi connectivity index (χ1) is 27.6. The summed E-state index contributed by atoms with van der Waals surface area (Å²) in [7, 11) is 2.44. The van der Waals surface area contributed by atoms with Crippen molar-refractivity contribution in [2.75, 3.05) is 27.3 Å². The first-order valence-corrected chi connectivity index (χ1v) is 19.2. The van der Waals surface area contributed by atoms with Crippen LogP contribution in [-0.4, -0.2) is 93.1 Å². The molecule has 4 unspecified atom stereocenters. The number of fused-ring (bicyclic) bond motifs is 1. The molecule has 4 N–H and O–H groups in total. The van der Waals surface area contributed by atoms with Gasteiger partial charge in [-0.15, -0.1) is 0 Å². The van der Waals surface area contributed by atoms with E-state index in [2.05, 4.69) is 47.1 Å². The Morgan fingerprint density at radius 1 is 0.793 bits per heavy atom. The number of nitrogens with zero attached hydrogens (tertiary/aromatic N) is 4. The molecule has 0 saturated carbocycles. The molecule has 4 heterocycles. The largest absolute Gasteiger partial charge is 0.453 e. The van der Waals surface area contributed by atoms with Crippen LogP contribution in [0.3, 0.4) is 0 Å². The summed E-state index contributed by atoms with van der Waals surface area (Å²) < 4.78 is 52.2. The zero-order chi connectivity index (χ0) is 41.9. The molecule has 14 nitrogen and oxygen atoms in total. The fraction of sp³-hybridized carbons (Fsp3) is 0.463. The molecule has 2 aromatic carbocycles. The molecule has 4 aromatic rings. The molecule has 0 bridgehead atoms. The van der Waals surface area contributed by atoms with Crippen LogP contribution in [0.15, 0.2) is 42.6 Å². The minimum absolute atomic E-state index is 0.0291. The lowest BCUT2D eigenvalue weighted by molar-refractivity contribution is -0.141. The van der Waals surface area contributed by atoms with Crippen molar-refractivity contribution < 1.29 is 41.8 Å². The van der Waals surface area contributed by atoms with Crippen molar-refractivity contribution in [1.82, 2.24) is 40.4 Å². The number of carbonyl (C=O) groups is 4. The molecule has 4 atom stereocenters. The van der Waals surface area contributed by atoms with Gasteiger partial charge in [-0.2, -0.15) is 13.2 Å². The van der Waals surface area contributed by atoms with Crippen LogP contribution in [0, 0.1) is 23.7 Å². The minimum atomic E-state index is -4.81. The SMILES string of the molecule is COC(=O)NC(C(=O)N1CCCC1c1ncc(-c2ccc3cc(C#Cc4[nH]c(C5CCCN5C(=O)C(NC(=O)OC)C(C)C)nc4C(F)(F)F)ccc3c2)[nH]1)C(C)C. The normalized spacial score (nSPS) is 17.9. The zero-order valence-corrected chi connectivity index (χ0v) is 33.1. The molecule has 6 rings (SSSR count). The van der Waals surface area contributed by atoms with E-state index in [1.54, 1.807) is 37.1 Å². The van der Waals surface area contributed by atoms with E-state index in [4.69, 9.17) is 4.74 Å². The molecule has 17 heteroatoms. The molecule has 308 valence electrons. The van der Waals surface area contributed by atoms with Gasteiger partial charge in [0.25, 0.3) is 0 Å². The second kappa shape index (κ2) is 17.2. The second-order valence-electron chi connectivity index (χ2n) is 15.1. The third-order valence-corrected chi connectivity index (χ3v) is 10.6. The Morgan fingerprint density at radius 2 is 1.34 bits per heavy atom. The van der Waals surface area contributed by atoms with Crippen LogP contribution in [-0.2, 0) is 25.2 Å². The average molecular weight is 805 g/mol. The van der Waals surface area contributed by atoms with Gasteiger partial charge >= 0.3 is 18.4 Å². The number of alkyl halides is 3. The maximum absolute atomic E-state index is 14.3. The highest BCUT2D eigenvalue weighted by atomic mass is 19.4. The van der Waals surface area contributed by atoms with Crippen LogP contribution in [0.2, 0.25) is 0 Å². The molecule has 0 radical (unpaired) electrons. The topological polar surface area (TPSA) is 175 Å². The van der Waals surface area contributed by atoms with Crippen molar-refractivity contribution in [2.24, 2.45) is 11.8 Å². The molecule has 58 heavy (non-hydrogen) atoms. The Hall–Kier alpha value is -6.05. The Morgan fingerprint density at radius 3 is 1.90 bits per heavy atom. The summed E-state index contributed by atoms with van der Waals surface area (Å²) in [4.78, 5) is 68.8. The van der Waals surface area contributed by atoms with Gasteiger partial charge < -0.3 is 39.9 Å². The molecule has 2 saturated heterocycles. The number of aromatic nitrogens is 4. The van der Waals surface area contributed by atoms with Crippen LogP contribution >= 0.6 is 0 Å². The molecule has 2 fully saturated rings. The maximum Gasteiger partial charge on any atom is 0.436 e. The number of methoxy groups -OCH3 is 2. The van der Waals surface area contributed by atoms with Gasteiger partial charge in [0.1, 0.15) is 29.4 Å². The van der Waals surface area contributed by atoms with Gasteiger partial charge in [0.05, 0.1) is 38.2 Å². The summed E-state index contributed by atoms with van der Waals surface area (Å²) in [6.07, 6.45) is -2.14. The van der Waals surface area contributed by atoms with Gasteiger partial charge in [-0.1, -0.05) is 51.8 Å². The number of benzene rings is 2. The van der Waals surface area contributed by atoms with Crippen LogP contribution in [0.5, 0.6) is 0 Å². The summed E-state index contributed by atoms with van der Waals surface area (Å²) in [6, 6.07) is 8.32. The van der Waals surface area contributed by atoms with Gasteiger partial charge in [0, 0.05) is 24.2 Å². The first kappa shape index (κ1) is 41.6.